The highest BCUT2D eigenvalue weighted by atomic mass is 16.3. The molecule has 0 atom stereocenters. The average molecular weight is 454 g/mol. The molecule has 4 aromatic carbocycles. The second-order valence-electron chi connectivity index (χ2n) is 9.24. The highest BCUT2D eigenvalue weighted by Crippen LogP contribution is 2.42. The average Bonchev–Trinajstić information content (AvgIpc) is 3.43. The smallest absolute Gasteiger partial charge is 0.224 e. The van der Waals surface area contributed by atoms with Crippen molar-refractivity contribution in [3.05, 3.63) is 89.6 Å². The van der Waals surface area contributed by atoms with Crippen molar-refractivity contribution in [1.29, 1.82) is 5.26 Å². The minimum Gasteiger partial charge on any atom is -0.455 e. The maximum Gasteiger partial charge on any atom is 0.224 e. The van der Waals surface area contributed by atoms with Crippen LogP contribution in [0.4, 0.5) is 0 Å². The summed E-state index contributed by atoms with van der Waals surface area (Å²) in [6, 6.07) is 24.7. The van der Waals surface area contributed by atoms with Crippen LogP contribution in [0.5, 0.6) is 0 Å². The molecule has 7 aromatic rings. The van der Waals surface area contributed by atoms with Gasteiger partial charge in [-0.05, 0) is 61.4 Å². The lowest BCUT2D eigenvalue weighted by Gasteiger charge is -2.11. The van der Waals surface area contributed by atoms with E-state index in [4.69, 9.17) is 8.83 Å². The van der Waals surface area contributed by atoms with Gasteiger partial charge in [0.1, 0.15) is 29.4 Å². The fraction of sp³-hybridized carbons (Fsp3) is 0.0968. The molecule has 0 radical (unpaired) electrons. The highest BCUT2D eigenvalue weighted by molar-refractivity contribution is 6.19. The summed E-state index contributed by atoms with van der Waals surface area (Å²) in [6.07, 6.45) is 2.08. The molecule has 0 aliphatic heterocycles. The van der Waals surface area contributed by atoms with Gasteiger partial charge in [0.05, 0.1) is 22.6 Å². The minimum absolute atomic E-state index is 0.626. The summed E-state index contributed by atoms with van der Waals surface area (Å²) in [5, 5.41) is 15.8. The van der Waals surface area contributed by atoms with Crippen LogP contribution in [0.2, 0.25) is 0 Å². The van der Waals surface area contributed by atoms with Gasteiger partial charge < -0.3 is 8.83 Å². The van der Waals surface area contributed by atoms with Crippen LogP contribution >= 0.6 is 0 Å². The fourth-order valence-corrected chi connectivity index (χ4v) is 5.51. The van der Waals surface area contributed by atoms with Gasteiger partial charge in [0.15, 0.2) is 6.20 Å². The number of hydrogen-bond donors (Lipinski definition) is 0. The number of pyridine rings is 1. The van der Waals surface area contributed by atoms with Crippen molar-refractivity contribution in [2.24, 2.45) is 7.05 Å². The summed E-state index contributed by atoms with van der Waals surface area (Å²) in [4.78, 5) is 0. The number of para-hydroxylation sites is 1. The summed E-state index contributed by atoms with van der Waals surface area (Å²) in [5.41, 5.74) is 8.53. The van der Waals surface area contributed by atoms with Crippen molar-refractivity contribution in [3.63, 3.8) is 0 Å². The van der Waals surface area contributed by atoms with E-state index in [9.17, 15) is 5.26 Å². The van der Waals surface area contributed by atoms with Crippen LogP contribution in [0.3, 0.4) is 0 Å². The molecule has 166 valence electrons. The predicted molar refractivity (Wildman–Crippen MR) is 139 cm³/mol. The first-order valence-corrected chi connectivity index (χ1v) is 11.7. The minimum atomic E-state index is 0.626. The molecule has 3 heterocycles. The Morgan fingerprint density at radius 3 is 2.37 bits per heavy atom. The molecule has 0 N–H and O–H groups in total. The fourth-order valence-electron chi connectivity index (χ4n) is 5.51. The van der Waals surface area contributed by atoms with Gasteiger partial charge in [0.25, 0.3) is 0 Å². The number of aromatic nitrogens is 1. The maximum absolute atomic E-state index is 9.67. The second kappa shape index (κ2) is 6.94. The Labute approximate surface area is 201 Å². The highest BCUT2D eigenvalue weighted by Gasteiger charge is 2.26. The summed E-state index contributed by atoms with van der Waals surface area (Å²) >= 11 is 0. The SMILES string of the molecule is Cc1cc2c(oc3ccccc32)c(-c2c3ccc4c(oc5cccc(C#N)c54)c3cc[n+]2C)c1C. The van der Waals surface area contributed by atoms with Crippen LogP contribution in [0, 0.1) is 25.2 Å². The van der Waals surface area contributed by atoms with Crippen LogP contribution in [-0.4, -0.2) is 0 Å². The van der Waals surface area contributed by atoms with Crippen molar-refractivity contribution in [2.45, 2.75) is 13.8 Å². The lowest BCUT2D eigenvalue weighted by atomic mass is 9.93. The molecule has 0 unspecified atom stereocenters. The number of benzene rings is 4. The molecule has 4 heteroatoms. The van der Waals surface area contributed by atoms with Crippen LogP contribution < -0.4 is 4.57 Å². The van der Waals surface area contributed by atoms with E-state index in [0.717, 1.165) is 65.9 Å². The Hall–Kier alpha value is -4.62. The second-order valence-corrected chi connectivity index (χ2v) is 9.24. The third-order valence-corrected chi connectivity index (χ3v) is 7.32. The number of rotatable bonds is 1. The number of furan rings is 2. The van der Waals surface area contributed by atoms with E-state index in [-0.39, 0.29) is 0 Å². The van der Waals surface area contributed by atoms with E-state index >= 15 is 0 Å². The topological polar surface area (TPSA) is 54.0 Å². The van der Waals surface area contributed by atoms with Gasteiger partial charge in [-0.15, -0.1) is 0 Å². The van der Waals surface area contributed by atoms with Gasteiger partial charge in [-0.2, -0.15) is 5.26 Å². The van der Waals surface area contributed by atoms with Gasteiger partial charge in [-0.1, -0.05) is 24.3 Å². The Balaban J connectivity index is 1.66. The van der Waals surface area contributed by atoms with Gasteiger partial charge in [-0.25, -0.2) is 4.57 Å². The number of hydrogen-bond acceptors (Lipinski definition) is 3. The summed E-state index contributed by atoms with van der Waals surface area (Å²) in [5.74, 6) is 0. The molecule has 35 heavy (non-hydrogen) atoms. The molecule has 0 spiro atoms. The van der Waals surface area contributed by atoms with E-state index < -0.39 is 0 Å². The molecule has 0 fully saturated rings. The predicted octanol–water partition coefficient (Wildman–Crippen LogP) is 7.62. The number of nitrogens with zero attached hydrogens (tertiary/aromatic N) is 2. The molecule has 0 aliphatic carbocycles. The Bertz CT molecular complexity index is 2050. The van der Waals surface area contributed by atoms with Gasteiger partial charge in [-0.3, -0.25) is 0 Å². The van der Waals surface area contributed by atoms with Gasteiger partial charge in [0.2, 0.25) is 5.69 Å². The van der Waals surface area contributed by atoms with Crippen LogP contribution in [0.1, 0.15) is 16.7 Å². The van der Waals surface area contributed by atoms with E-state index in [1.807, 2.05) is 30.3 Å². The van der Waals surface area contributed by atoms with Gasteiger partial charge in [0, 0.05) is 33.0 Å². The van der Waals surface area contributed by atoms with Crippen LogP contribution in [-0.2, 0) is 7.05 Å². The molecular weight excluding hydrogens is 432 g/mol. The van der Waals surface area contributed by atoms with E-state index in [0.29, 0.717) is 5.56 Å². The quantitative estimate of drug-likeness (QED) is 0.240. The molecule has 0 saturated carbocycles. The zero-order valence-corrected chi connectivity index (χ0v) is 19.6. The van der Waals surface area contributed by atoms with Crippen molar-refractivity contribution in [1.82, 2.24) is 0 Å². The Morgan fingerprint density at radius 1 is 0.743 bits per heavy atom. The van der Waals surface area contributed by atoms with Gasteiger partial charge >= 0.3 is 0 Å². The summed E-state index contributed by atoms with van der Waals surface area (Å²) in [7, 11) is 2.07. The Kier molecular flexibility index (Phi) is 3.93. The van der Waals surface area contributed by atoms with Crippen LogP contribution in [0.15, 0.2) is 81.8 Å². The lowest BCUT2D eigenvalue weighted by Crippen LogP contribution is -2.30. The van der Waals surface area contributed by atoms with Crippen LogP contribution in [0.25, 0.3) is 65.9 Å². The van der Waals surface area contributed by atoms with E-state index in [1.54, 1.807) is 0 Å². The molecular formula is C31H21N2O2+. The third kappa shape index (κ3) is 2.58. The number of aryl methyl sites for hydroxylation is 2. The standard InChI is InChI=1S/C31H21N2O2/c1-17-15-24-20-8-4-5-9-25(20)34-31(24)27(18(17)2)29-21-11-12-23-28-19(16-32)7-6-10-26(28)35-30(23)22(21)13-14-33(29)3/h4-15H,1-3H3/q+1. The third-order valence-electron chi connectivity index (χ3n) is 7.32. The van der Waals surface area contributed by atoms with Crippen molar-refractivity contribution in [2.75, 3.05) is 0 Å². The molecule has 0 amide bonds. The molecule has 0 saturated heterocycles. The van der Waals surface area contributed by atoms with Crippen molar-refractivity contribution in [3.8, 4) is 17.3 Å². The first-order chi connectivity index (χ1) is 17.1. The van der Waals surface area contributed by atoms with E-state index in [1.165, 1.54) is 11.1 Å². The first kappa shape index (κ1) is 19.8. The zero-order valence-electron chi connectivity index (χ0n) is 19.6. The van der Waals surface area contributed by atoms with E-state index in [2.05, 4.69) is 74.1 Å². The Morgan fingerprint density at radius 2 is 1.51 bits per heavy atom. The molecule has 3 aromatic heterocycles. The number of fused-ring (bicyclic) bond motifs is 8. The zero-order chi connectivity index (χ0) is 23.8. The summed E-state index contributed by atoms with van der Waals surface area (Å²) in [6.45, 7) is 4.32. The lowest BCUT2D eigenvalue weighted by molar-refractivity contribution is -0.659. The van der Waals surface area contributed by atoms with Crippen molar-refractivity contribution >= 4 is 54.6 Å². The largest absolute Gasteiger partial charge is 0.455 e. The molecule has 0 bridgehead atoms. The molecule has 4 nitrogen and oxygen atoms in total. The normalized spacial score (nSPS) is 11.8. The number of nitriles is 1. The summed E-state index contributed by atoms with van der Waals surface area (Å²) < 4.78 is 15.0. The molecule has 0 aliphatic rings. The monoisotopic (exact) mass is 453 g/mol. The first-order valence-electron chi connectivity index (χ1n) is 11.7. The maximum atomic E-state index is 9.67. The molecule has 7 rings (SSSR count). The van der Waals surface area contributed by atoms with Crippen molar-refractivity contribution < 1.29 is 13.4 Å².